The summed E-state index contributed by atoms with van der Waals surface area (Å²) in [5, 5.41) is 0. The van der Waals surface area contributed by atoms with Crippen molar-refractivity contribution in [3.8, 4) is 0 Å². The first kappa shape index (κ1) is 13.1. The number of fused-ring (bicyclic) bond motifs is 1. The number of allylic oxidation sites excluding steroid dienone is 3. The van der Waals surface area contributed by atoms with Crippen LogP contribution in [0.15, 0.2) is 66.8 Å². The van der Waals surface area contributed by atoms with Crippen LogP contribution in [-0.2, 0) is 4.79 Å². The molecule has 1 heterocycles. The van der Waals surface area contributed by atoms with Gasteiger partial charge in [-0.25, -0.2) is 0 Å². The van der Waals surface area contributed by atoms with Gasteiger partial charge in [-0.05, 0) is 24.1 Å². The first-order valence-electron chi connectivity index (χ1n) is 6.31. The molecular formula is C17H17NO. The van der Waals surface area contributed by atoms with E-state index in [-0.39, 0.29) is 5.91 Å². The molecule has 19 heavy (non-hydrogen) atoms. The third-order valence-electron chi connectivity index (χ3n) is 3.20. The van der Waals surface area contributed by atoms with Gasteiger partial charge in [0.2, 0.25) is 0 Å². The summed E-state index contributed by atoms with van der Waals surface area (Å²) in [4.78, 5) is 14.4. The fourth-order valence-electron chi connectivity index (χ4n) is 2.22. The van der Waals surface area contributed by atoms with Crippen LogP contribution in [0.4, 0.5) is 5.69 Å². The lowest BCUT2D eigenvalue weighted by Crippen LogP contribution is -2.32. The second-order valence-electron chi connectivity index (χ2n) is 4.22. The normalized spacial score (nSPS) is 20.3. The molecule has 0 aromatic heterocycles. The average molecular weight is 251 g/mol. The first-order valence-corrected chi connectivity index (χ1v) is 6.31. The molecule has 0 saturated carbocycles. The number of likely N-dealkylation sites (N-methyl/N-ethyl adjacent to an activating group) is 1. The maximum absolute atomic E-state index is 12.6. The quantitative estimate of drug-likeness (QED) is 0.801. The van der Waals surface area contributed by atoms with Crippen molar-refractivity contribution in [1.29, 1.82) is 0 Å². The summed E-state index contributed by atoms with van der Waals surface area (Å²) in [5.74, 6) is -0.0378. The minimum atomic E-state index is -0.0378. The molecule has 0 radical (unpaired) electrons. The van der Waals surface area contributed by atoms with Crippen molar-refractivity contribution in [2.45, 2.75) is 6.92 Å². The maximum Gasteiger partial charge on any atom is 0.258 e. The van der Waals surface area contributed by atoms with E-state index in [2.05, 4.69) is 13.2 Å². The van der Waals surface area contributed by atoms with Gasteiger partial charge in [0.1, 0.15) is 0 Å². The number of anilines is 1. The fraction of sp³-hybridized carbons (Fsp3) is 0.118. The van der Waals surface area contributed by atoms with E-state index in [9.17, 15) is 4.79 Å². The molecule has 1 aliphatic heterocycles. The van der Waals surface area contributed by atoms with Crippen molar-refractivity contribution < 1.29 is 4.79 Å². The second-order valence-corrected chi connectivity index (χ2v) is 4.22. The molecule has 0 bridgehead atoms. The van der Waals surface area contributed by atoms with Crippen LogP contribution < -0.4 is 4.90 Å². The standard InChI is InChI=1S/C17H17NO/c1-4-13-11-12-14-9-7-8-10-16(14)18(6-3)17(19)15(13)5-2/h4-5,7-12H,1-2,6H2,3H3/b12-11-,15-13-. The van der Waals surface area contributed by atoms with Crippen molar-refractivity contribution in [1.82, 2.24) is 0 Å². The Morgan fingerprint density at radius 1 is 1.16 bits per heavy atom. The predicted molar refractivity (Wildman–Crippen MR) is 80.9 cm³/mol. The molecule has 1 amide bonds. The average Bonchev–Trinajstić information content (AvgIpc) is 2.43. The zero-order valence-corrected chi connectivity index (χ0v) is 11.1. The molecule has 0 N–H and O–H groups in total. The Bertz CT molecular complexity index is 593. The molecule has 1 aromatic rings. The molecule has 2 rings (SSSR count). The Morgan fingerprint density at radius 2 is 1.89 bits per heavy atom. The van der Waals surface area contributed by atoms with Crippen LogP contribution in [0.5, 0.6) is 0 Å². The van der Waals surface area contributed by atoms with Gasteiger partial charge >= 0.3 is 0 Å². The highest BCUT2D eigenvalue weighted by atomic mass is 16.2. The Hall–Kier alpha value is -2.35. The Kier molecular flexibility index (Phi) is 3.81. The number of nitrogens with zero attached hydrogens (tertiary/aromatic N) is 1. The highest BCUT2D eigenvalue weighted by molar-refractivity contribution is 6.10. The molecule has 0 unspecified atom stereocenters. The largest absolute Gasteiger partial charge is 0.308 e. The van der Waals surface area contributed by atoms with Gasteiger partial charge in [-0.2, -0.15) is 0 Å². The van der Waals surface area contributed by atoms with Gasteiger partial charge < -0.3 is 4.90 Å². The van der Waals surface area contributed by atoms with Gasteiger partial charge in [-0.1, -0.05) is 55.7 Å². The Morgan fingerprint density at radius 3 is 2.53 bits per heavy atom. The molecule has 2 nitrogen and oxygen atoms in total. The summed E-state index contributed by atoms with van der Waals surface area (Å²) >= 11 is 0. The van der Waals surface area contributed by atoms with Crippen LogP contribution in [0.3, 0.4) is 0 Å². The van der Waals surface area contributed by atoms with Crippen LogP contribution in [0.2, 0.25) is 0 Å². The lowest BCUT2D eigenvalue weighted by atomic mass is 10.0. The Labute approximate surface area is 114 Å². The number of hydrogen-bond donors (Lipinski definition) is 0. The molecule has 0 aliphatic carbocycles. The fourth-order valence-corrected chi connectivity index (χ4v) is 2.22. The number of amides is 1. The highest BCUT2D eigenvalue weighted by Gasteiger charge is 2.21. The van der Waals surface area contributed by atoms with Gasteiger partial charge in [0.05, 0.1) is 5.69 Å². The van der Waals surface area contributed by atoms with Crippen LogP contribution in [-0.4, -0.2) is 12.5 Å². The monoisotopic (exact) mass is 251 g/mol. The van der Waals surface area contributed by atoms with Crippen molar-refractivity contribution in [2.24, 2.45) is 0 Å². The van der Waals surface area contributed by atoms with E-state index < -0.39 is 0 Å². The van der Waals surface area contributed by atoms with Crippen LogP contribution in [0.25, 0.3) is 6.08 Å². The lowest BCUT2D eigenvalue weighted by Gasteiger charge is -2.25. The van der Waals surface area contributed by atoms with E-state index in [4.69, 9.17) is 0 Å². The highest BCUT2D eigenvalue weighted by Crippen LogP contribution is 2.27. The molecular weight excluding hydrogens is 234 g/mol. The molecule has 0 atom stereocenters. The summed E-state index contributed by atoms with van der Waals surface area (Å²) in [7, 11) is 0. The number of rotatable bonds is 3. The van der Waals surface area contributed by atoms with Gasteiger partial charge in [0.25, 0.3) is 5.91 Å². The molecule has 1 aliphatic rings. The molecule has 0 fully saturated rings. The van der Waals surface area contributed by atoms with Crippen molar-refractivity contribution in [2.75, 3.05) is 11.4 Å². The van der Waals surface area contributed by atoms with Gasteiger partial charge in [-0.15, -0.1) is 0 Å². The van der Waals surface area contributed by atoms with E-state index in [0.717, 1.165) is 16.8 Å². The minimum absolute atomic E-state index is 0.0378. The summed E-state index contributed by atoms with van der Waals surface area (Å²) in [6.07, 6.45) is 7.20. The zero-order chi connectivity index (χ0) is 13.8. The first-order chi connectivity index (χ1) is 9.22. The van der Waals surface area contributed by atoms with E-state index in [1.54, 1.807) is 17.1 Å². The summed E-state index contributed by atoms with van der Waals surface area (Å²) in [5.41, 5.74) is 3.34. The van der Waals surface area contributed by atoms with Crippen molar-refractivity contribution >= 4 is 17.7 Å². The molecule has 1 aromatic carbocycles. The van der Waals surface area contributed by atoms with E-state index in [0.29, 0.717) is 12.1 Å². The zero-order valence-electron chi connectivity index (χ0n) is 11.1. The summed E-state index contributed by atoms with van der Waals surface area (Å²) < 4.78 is 0. The maximum atomic E-state index is 12.6. The van der Waals surface area contributed by atoms with Gasteiger partial charge in [0, 0.05) is 12.1 Å². The van der Waals surface area contributed by atoms with E-state index in [1.807, 2.05) is 43.3 Å². The SMILES string of the molecule is C=CC1=C(\C=C)C(=O)N(CC)c2ccccc2/C=C\1. The summed E-state index contributed by atoms with van der Waals surface area (Å²) in [6.45, 7) is 10.1. The van der Waals surface area contributed by atoms with Crippen molar-refractivity contribution in [3.63, 3.8) is 0 Å². The Balaban J connectivity index is 2.70. The molecule has 0 spiro atoms. The second kappa shape index (κ2) is 5.53. The van der Waals surface area contributed by atoms with Gasteiger partial charge in [0.15, 0.2) is 0 Å². The minimum Gasteiger partial charge on any atom is -0.308 e. The van der Waals surface area contributed by atoms with E-state index in [1.165, 1.54) is 0 Å². The topological polar surface area (TPSA) is 20.3 Å². The molecule has 96 valence electrons. The third-order valence-corrected chi connectivity index (χ3v) is 3.20. The van der Waals surface area contributed by atoms with Crippen LogP contribution >= 0.6 is 0 Å². The predicted octanol–water partition coefficient (Wildman–Crippen LogP) is 3.73. The van der Waals surface area contributed by atoms with Crippen molar-refractivity contribution in [3.05, 3.63) is 72.4 Å². The number of carbonyl (C=O) groups is 1. The number of benzene rings is 1. The number of hydrogen-bond acceptors (Lipinski definition) is 1. The molecule has 2 heteroatoms. The van der Waals surface area contributed by atoms with E-state index >= 15 is 0 Å². The van der Waals surface area contributed by atoms with Crippen LogP contribution in [0, 0.1) is 0 Å². The summed E-state index contributed by atoms with van der Waals surface area (Å²) in [6, 6.07) is 7.87. The number of carbonyl (C=O) groups excluding carboxylic acids is 1. The van der Waals surface area contributed by atoms with Gasteiger partial charge in [-0.3, -0.25) is 4.79 Å². The lowest BCUT2D eigenvalue weighted by molar-refractivity contribution is -0.114. The van der Waals surface area contributed by atoms with Crippen LogP contribution in [0.1, 0.15) is 12.5 Å². The number of para-hydroxylation sites is 1. The third kappa shape index (κ3) is 2.29. The molecule has 0 saturated heterocycles. The smallest absolute Gasteiger partial charge is 0.258 e.